The first-order chi connectivity index (χ1) is 14.7. The van der Waals surface area contributed by atoms with Crippen LogP contribution in [0.4, 0.5) is 0 Å². The van der Waals surface area contributed by atoms with Gasteiger partial charge in [-0.3, -0.25) is 9.69 Å². The van der Waals surface area contributed by atoms with Crippen LogP contribution in [0, 0.1) is 11.8 Å². The fourth-order valence-corrected chi connectivity index (χ4v) is 5.04. The average molecular weight is 424 g/mol. The standard InChI is InChI=1S/C25H33N3O3/c1-6-15-14-28-10-9-16(15)11-22(28)23(29)19-13-21(24(30)27-25(2,3)4)26-20-8-7-17(31-5)12-18(19)20/h6-8,12-13,15-16,22-23,29H,1,9-11,14H2,2-5H3,(H,27,30)/t15-,16?,22-,23+/m0/s1. The number of rotatable bonds is 5. The molecule has 1 aromatic heterocycles. The molecule has 3 aliphatic heterocycles. The maximum absolute atomic E-state index is 12.9. The van der Waals surface area contributed by atoms with Crippen molar-refractivity contribution in [2.45, 2.75) is 51.3 Å². The maximum atomic E-state index is 12.9. The van der Waals surface area contributed by atoms with Crippen LogP contribution >= 0.6 is 0 Å². The van der Waals surface area contributed by atoms with Gasteiger partial charge >= 0.3 is 0 Å². The summed E-state index contributed by atoms with van der Waals surface area (Å²) in [4.78, 5) is 19.9. The molecule has 2 unspecified atom stereocenters. The second-order valence-corrected chi connectivity index (χ2v) is 9.88. The summed E-state index contributed by atoms with van der Waals surface area (Å²) in [5.41, 5.74) is 1.36. The van der Waals surface area contributed by atoms with E-state index in [2.05, 4.69) is 27.9 Å². The van der Waals surface area contributed by atoms with E-state index in [-0.39, 0.29) is 17.5 Å². The number of amides is 1. The molecule has 0 aliphatic carbocycles. The number of aliphatic hydroxyl groups is 1. The van der Waals surface area contributed by atoms with E-state index in [9.17, 15) is 9.90 Å². The Morgan fingerprint density at radius 1 is 1.39 bits per heavy atom. The second kappa shape index (κ2) is 8.24. The third kappa shape index (κ3) is 4.32. The number of carbonyl (C=O) groups is 1. The van der Waals surface area contributed by atoms with Crippen LogP contribution in [-0.2, 0) is 0 Å². The van der Waals surface area contributed by atoms with Crippen molar-refractivity contribution in [2.24, 2.45) is 11.8 Å². The summed E-state index contributed by atoms with van der Waals surface area (Å²) in [5.74, 6) is 1.50. The van der Waals surface area contributed by atoms with Crippen LogP contribution in [0.15, 0.2) is 36.9 Å². The van der Waals surface area contributed by atoms with Gasteiger partial charge < -0.3 is 15.2 Å². The van der Waals surface area contributed by atoms with Gasteiger partial charge in [0.2, 0.25) is 0 Å². The highest BCUT2D eigenvalue weighted by molar-refractivity contribution is 5.96. The minimum atomic E-state index is -0.715. The molecular weight excluding hydrogens is 390 g/mol. The summed E-state index contributed by atoms with van der Waals surface area (Å²) < 4.78 is 5.41. The van der Waals surface area contributed by atoms with Crippen molar-refractivity contribution in [3.05, 3.63) is 48.2 Å². The van der Waals surface area contributed by atoms with E-state index < -0.39 is 6.10 Å². The van der Waals surface area contributed by atoms with Crippen LogP contribution in [0.1, 0.15) is 55.8 Å². The van der Waals surface area contributed by atoms with Crippen LogP contribution in [0.2, 0.25) is 0 Å². The van der Waals surface area contributed by atoms with Gasteiger partial charge in [-0.05, 0) is 81.8 Å². The number of fused-ring (bicyclic) bond motifs is 4. The monoisotopic (exact) mass is 423 g/mol. The minimum absolute atomic E-state index is 0.0188. The number of pyridine rings is 1. The zero-order valence-electron chi connectivity index (χ0n) is 18.9. The number of nitrogens with one attached hydrogen (secondary N) is 1. The van der Waals surface area contributed by atoms with E-state index in [1.807, 2.05) is 39.0 Å². The average Bonchev–Trinajstić information content (AvgIpc) is 2.76. The largest absolute Gasteiger partial charge is 0.497 e. The number of aromatic nitrogens is 1. The quantitative estimate of drug-likeness (QED) is 0.718. The van der Waals surface area contributed by atoms with Crippen molar-refractivity contribution < 1.29 is 14.6 Å². The van der Waals surface area contributed by atoms with Gasteiger partial charge in [0, 0.05) is 23.5 Å². The fourth-order valence-electron chi connectivity index (χ4n) is 5.04. The fraction of sp³-hybridized carbons (Fsp3) is 0.520. The Balaban J connectivity index is 1.75. The molecule has 0 radical (unpaired) electrons. The first-order valence-electron chi connectivity index (χ1n) is 11.1. The van der Waals surface area contributed by atoms with Gasteiger partial charge in [0.05, 0.1) is 18.7 Å². The normalized spacial score (nSPS) is 26.5. The van der Waals surface area contributed by atoms with Gasteiger partial charge in [-0.2, -0.15) is 0 Å². The Morgan fingerprint density at radius 3 is 2.77 bits per heavy atom. The molecule has 5 atom stereocenters. The van der Waals surface area contributed by atoms with Crippen LogP contribution in [0.25, 0.3) is 10.9 Å². The number of methoxy groups -OCH3 is 1. The van der Waals surface area contributed by atoms with Crippen molar-refractivity contribution in [3.63, 3.8) is 0 Å². The molecule has 5 rings (SSSR count). The smallest absolute Gasteiger partial charge is 0.270 e. The number of aliphatic hydroxyl groups excluding tert-OH is 1. The lowest BCUT2D eigenvalue weighted by Gasteiger charge is -2.50. The number of hydrogen-bond donors (Lipinski definition) is 2. The summed E-state index contributed by atoms with van der Waals surface area (Å²) >= 11 is 0. The first-order valence-corrected chi connectivity index (χ1v) is 11.1. The molecule has 0 spiro atoms. The molecule has 4 heterocycles. The van der Waals surface area contributed by atoms with Crippen molar-refractivity contribution >= 4 is 16.8 Å². The molecule has 2 aromatic rings. The number of piperidine rings is 3. The molecule has 3 fully saturated rings. The lowest BCUT2D eigenvalue weighted by atomic mass is 9.73. The third-order valence-corrected chi connectivity index (χ3v) is 6.61. The van der Waals surface area contributed by atoms with Crippen LogP contribution in [0.5, 0.6) is 5.75 Å². The molecule has 0 saturated carbocycles. The Labute approximate surface area is 184 Å². The molecule has 3 saturated heterocycles. The number of benzene rings is 1. The van der Waals surface area contributed by atoms with E-state index in [0.717, 1.165) is 36.9 Å². The molecule has 1 aromatic carbocycles. The van der Waals surface area contributed by atoms with Crippen LogP contribution < -0.4 is 10.1 Å². The molecule has 3 aliphatic rings. The SMILES string of the molecule is C=C[C@H]1CN2CCC1C[C@H]2[C@H](O)c1cc(C(=O)NC(C)(C)C)nc2ccc(OC)cc12. The van der Waals surface area contributed by atoms with E-state index >= 15 is 0 Å². The zero-order valence-corrected chi connectivity index (χ0v) is 18.9. The van der Waals surface area contributed by atoms with Gasteiger partial charge in [0.15, 0.2) is 0 Å². The molecule has 6 nitrogen and oxygen atoms in total. The third-order valence-electron chi connectivity index (χ3n) is 6.61. The molecule has 2 N–H and O–H groups in total. The first kappa shape index (κ1) is 21.8. The summed E-state index contributed by atoms with van der Waals surface area (Å²) in [5, 5.41) is 15.4. The predicted octanol–water partition coefficient (Wildman–Crippen LogP) is 3.70. The van der Waals surface area contributed by atoms with Crippen LogP contribution in [-0.4, -0.2) is 52.7 Å². The molecule has 2 bridgehead atoms. The summed E-state index contributed by atoms with van der Waals surface area (Å²) in [7, 11) is 1.62. The topological polar surface area (TPSA) is 74.7 Å². The highest BCUT2D eigenvalue weighted by Crippen LogP contribution is 2.42. The van der Waals surface area contributed by atoms with Crippen molar-refractivity contribution in [2.75, 3.05) is 20.2 Å². The maximum Gasteiger partial charge on any atom is 0.270 e. The number of ether oxygens (including phenoxy) is 1. The predicted molar refractivity (Wildman–Crippen MR) is 122 cm³/mol. The molecule has 6 heteroatoms. The Hall–Kier alpha value is -2.44. The Kier molecular flexibility index (Phi) is 5.79. The van der Waals surface area contributed by atoms with Gasteiger partial charge in [-0.15, -0.1) is 6.58 Å². The minimum Gasteiger partial charge on any atom is -0.497 e. The Morgan fingerprint density at radius 2 is 2.16 bits per heavy atom. The van der Waals surface area contributed by atoms with Gasteiger partial charge in [-0.1, -0.05) is 6.08 Å². The summed E-state index contributed by atoms with van der Waals surface area (Å²) in [6.45, 7) is 11.7. The zero-order chi connectivity index (χ0) is 22.3. The molecular formula is C25H33N3O3. The number of nitrogens with zero attached hydrogens (tertiary/aromatic N) is 2. The highest BCUT2D eigenvalue weighted by Gasteiger charge is 2.42. The Bertz CT molecular complexity index is 997. The van der Waals surface area contributed by atoms with Crippen molar-refractivity contribution in [1.82, 2.24) is 15.2 Å². The summed E-state index contributed by atoms with van der Waals surface area (Å²) in [6, 6.07) is 7.35. The van der Waals surface area contributed by atoms with E-state index in [1.165, 1.54) is 0 Å². The van der Waals surface area contributed by atoms with E-state index in [4.69, 9.17) is 4.74 Å². The lowest BCUT2D eigenvalue weighted by molar-refractivity contribution is -0.0445. The van der Waals surface area contributed by atoms with Crippen LogP contribution in [0.3, 0.4) is 0 Å². The van der Waals surface area contributed by atoms with Gasteiger partial charge in [0.25, 0.3) is 5.91 Å². The molecule has 166 valence electrons. The number of carbonyl (C=O) groups excluding carboxylic acids is 1. The van der Waals surface area contributed by atoms with E-state index in [1.54, 1.807) is 13.2 Å². The lowest BCUT2D eigenvalue weighted by Crippen LogP contribution is -2.54. The number of hydrogen-bond acceptors (Lipinski definition) is 5. The van der Waals surface area contributed by atoms with Gasteiger partial charge in [0.1, 0.15) is 11.4 Å². The van der Waals surface area contributed by atoms with Gasteiger partial charge in [-0.25, -0.2) is 4.98 Å². The van der Waals surface area contributed by atoms with E-state index in [0.29, 0.717) is 28.8 Å². The molecule has 31 heavy (non-hydrogen) atoms. The highest BCUT2D eigenvalue weighted by atomic mass is 16.5. The van der Waals surface area contributed by atoms with Crippen molar-refractivity contribution in [3.8, 4) is 5.75 Å². The summed E-state index contributed by atoms with van der Waals surface area (Å²) in [6.07, 6.45) is 3.41. The molecule has 1 amide bonds. The second-order valence-electron chi connectivity index (χ2n) is 9.88. The van der Waals surface area contributed by atoms with Crippen molar-refractivity contribution in [1.29, 1.82) is 0 Å².